The van der Waals surface area contributed by atoms with Crippen LogP contribution in [0.15, 0.2) is 35.7 Å². The van der Waals surface area contributed by atoms with Crippen molar-refractivity contribution in [2.75, 3.05) is 7.11 Å². The molecule has 4 heteroatoms. The molecule has 1 unspecified atom stereocenters. The molecule has 0 amide bonds. The first-order valence-corrected chi connectivity index (χ1v) is 6.90. The summed E-state index contributed by atoms with van der Waals surface area (Å²) in [6.07, 6.45) is 0.714. The lowest BCUT2D eigenvalue weighted by atomic mass is 10.1. The van der Waals surface area contributed by atoms with Crippen molar-refractivity contribution in [1.82, 2.24) is 0 Å². The quantitative estimate of drug-likeness (QED) is 0.724. The molecule has 1 aromatic heterocycles. The maximum atomic E-state index is 6.39. The Hall–Kier alpha value is -0.700. The Morgan fingerprint density at radius 3 is 2.71 bits per heavy atom. The molecule has 0 fully saturated rings. The van der Waals surface area contributed by atoms with Crippen LogP contribution in [-0.4, -0.2) is 7.11 Å². The zero-order valence-electron chi connectivity index (χ0n) is 9.32. The summed E-state index contributed by atoms with van der Waals surface area (Å²) >= 11 is 14.0. The Kier molecular flexibility index (Phi) is 4.32. The van der Waals surface area contributed by atoms with E-state index in [9.17, 15) is 0 Å². The number of hydrogen-bond acceptors (Lipinski definition) is 2. The van der Waals surface area contributed by atoms with Gasteiger partial charge in [0.25, 0.3) is 0 Å². The highest BCUT2D eigenvalue weighted by Crippen LogP contribution is 2.36. The fraction of sp³-hybridized carbons (Fsp3) is 0.231. The van der Waals surface area contributed by atoms with Gasteiger partial charge in [-0.1, -0.05) is 29.8 Å². The Balaban J connectivity index is 2.18. The maximum absolute atomic E-state index is 6.39. The number of benzene rings is 1. The summed E-state index contributed by atoms with van der Waals surface area (Å²) in [6.45, 7) is 0. The van der Waals surface area contributed by atoms with E-state index >= 15 is 0 Å². The van der Waals surface area contributed by atoms with Crippen LogP contribution in [-0.2, 0) is 6.42 Å². The standard InChI is InChI=1S/C13H12Cl2OS/c1-16-12-5-3-2-4-9(12)8-11(15)13-10(14)6-7-17-13/h2-7,11H,8H2,1H3. The molecule has 1 nitrogen and oxygen atoms in total. The van der Waals surface area contributed by atoms with Crippen molar-refractivity contribution in [1.29, 1.82) is 0 Å². The van der Waals surface area contributed by atoms with E-state index in [0.29, 0.717) is 6.42 Å². The number of rotatable bonds is 4. The molecule has 0 N–H and O–H groups in total. The van der Waals surface area contributed by atoms with Crippen LogP contribution in [0.4, 0.5) is 0 Å². The third kappa shape index (κ3) is 2.95. The van der Waals surface area contributed by atoms with Crippen molar-refractivity contribution in [2.45, 2.75) is 11.8 Å². The van der Waals surface area contributed by atoms with Crippen molar-refractivity contribution in [3.63, 3.8) is 0 Å². The van der Waals surface area contributed by atoms with Gasteiger partial charge in [-0.15, -0.1) is 22.9 Å². The van der Waals surface area contributed by atoms with Gasteiger partial charge in [0, 0.05) is 4.88 Å². The van der Waals surface area contributed by atoms with Gasteiger partial charge in [0.2, 0.25) is 0 Å². The molecule has 0 aliphatic heterocycles. The van der Waals surface area contributed by atoms with Crippen LogP contribution in [0.1, 0.15) is 15.8 Å². The van der Waals surface area contributed by atoms with Gasteiger partial charge < -0.3 is 4.74 Å². The van der Waals surface area contributed by atoms with E-state index in [1.54, 1.807) is 18.4 Å². The van der Waals surface area contributed by atoms with Gasteiger partial charge in [-0.25, -0.2) is 0 Å². The predicted molar refractivity (Wildman–Crippen MR) is 74.6 cm³/mol. The second-order valence-corrected chi connectivity index (χ2v) is 5.50. The Morgan fingerprint density at radius 2 is 2.06 bits per heavy atom. The first-order valence-electron chi connectivity index (χ1n) is 5.21. The molecule has 0 aliphatic carbocycles. The van der Waals surface area contributed by atoms with Crippen molar-refractivity contribution >= 4 is 34.5 Å². The van der Waals surface area contributed by atoms with Crippen LogP contribution in [0.5, 0.6) is 5.75 Å². The monoisotopic (exact) mass is 286 g/mol. The first kappa shape index (κ1) is 12.7. The summed E-state index contributed by atoms with van der Waals surface area (Å²) in [7, 11) is 1.67. The zero-order chi connectivity index (χ0) is 12.3. The Morgan fingerprint density at radius 1 is 1.29 bits per heavy atom. The largest absolute Gasteiger partial charge is 0.496 e. The van der Waals surface area contributed by atoms with Crippen LogP contribution >= 0.6 is 34.5 Å². The summed E-state index contributed by atoms with van der Waals surface area (Å²) in [4.78, 5) is 1.01. The van der Waals surface area contributed by atoms with E-state index in [1.165, 1.54) is 0 Å². The second kappa shape index (κ2) is 5.76. The lowest BCUT2D eigenvalue weighted by Gasteiger charge is -2.11. The molecular weight excluding hydrogens is 275 g/mol. The molecule has 0 aliphatic rings. The SMILES string of the molecule is COc1ccccc1CC(Cl)c1sccc1Cl. The van der Waals surface area contributed by atoms with Crippen LogP contribution in [0.2, 0.25) is 5.02 Å². The Labute approximate surface area is 115 Å². The molecule has 1 heterocycles. The molecule has 1 atom stereocenters. The molecule has 90 valence electrons. The maximum Gasteiger partial charge on any atom is 0.122 e. The zero-order valence-corrected chi connectivity index (χ0v) is 11.6. The van der Waals surface area contributed by atoms with Crippen LogP contribution in [0.3, 0.4) is 0 Å². The van der Waals surface area contributed by atoms with E-state index in [4.69, 9.17) is 27.9 Å². The fourth-order valence-corrected chi connectivity index (χ4v) is 3.35. The van der Waals surface area contributed by atoms with E-state index in [1.807, 2.05) is 35.7 Å². The third-order valence-electron chi connectivity index (χ3n) is 2.52. The number of hydrogen-bond donors (Lipinski definition) is 0. The van der Waals surface area contributed by atoms with Crippen LogP contribution < -0.4 is 4.74 Å². The highest BCUT2D eigenvalue weighted by Gasteiger charge is 2.15. The highest BCUT2D eigenvalue weighted by atomic mass is 35.5. The topological polar surface area (TPSA) is 9.23 Å². The number of ether oxygens (including phenoxy) is 1. The minimum atomic E-state index is -0.112. The molecule has 2 rings (SSSR count). The normalized spacial score (nSPS) is 12.4. The number of alkyl halides is 1. The van der Waals surface area contributed by atoms with Gasteiger partial charge in [-0.05, 0) is 29.5 Å². The van der Waals surface area contributed by atoms with Gasteiger partial charge in [0.1, 0.15) is 5.75 Å². The lowest BCUT2D eigenvalue weighted by molar-refractivity contribution is 0.409. The van der Waals surface area contributed by atoms with E-state index in [-0.39, 0.29) is 5.38 Å². The van der Waals surface area contributed by atoms with Gasteiger partial charge in [-0.2, -0.15) is 0 Å². The minimum absolute atomic E-state index is 0.112. The highest BCUT2D eigenvalue weighted by molar-refractivity contribution is 7.11. The van der Waals surface area contributed by atoms with Gasteiger partial charge >= 0.3 is 0 Å². The summed E-state index contributed by atoms with van der Waals surface area (Å²) in [5.74, 6) is 0.867. The van der Waals surface area contributed by atoms with Crippen LogP contribution in [0.25, 0.3) is 0 Å². The average molecular weight is 287 g/mol. The van der Waals surface area contributed by atoms with E-state index in [0.717, 1.165) is 21.2 Å². The molecule has 17 heavy (non-hydrogen) atoms. The molecule has 0 spiro atoms. The summed E-state index contributed by atoms with van der Waals surface area (Å²) in [5.41, 5.74) is 1.10. The van der Waals surface area contributed by atoms with Gasteiger partial charge in [0.05, 0.1) is 17.5 Å². The average Bonchev–Trinajstić information content (AvgIpc) is 2.76. The van der Waals surface area contributed by atoms with Gasteiger partial charge in [-0.3, -0.25) is 0 Å². The van der Waals surface area contributed by atoms with E-state index < -0.39 is 0 Å². The van der Waals surface area contributed by atoms with Crippen molar-refractivity contribution < 1.29 is 4.74 Å². The molecule has 0 saturated heterocycles. The second-order valence-electron chi connectivity index (χ2n) is 3.62. The number of para-hydroxylation sites is 1. The summed E-state index contributed by atoms with van der Waals surface area (Å²) < 4.78 is 5.31. The smallest absolute Gasteiger partial charge is 0.122 e. The summed E-state index contributed by atoms with van der Waals surface area (Å²) in [6, 6.07) is 9.77. The van der Waals surface area contributed by atoms with E-state index in [2.05, 4.69) is 0 Å². The number of thiophene rings is 1. The fourth-order valence-electron chi connectivity index (χ4n) is 1.69. The molecule has 2 aromatic rings. The van der Waals surface area contributed by atoms with Crippen LogP contribution in [0, 0.1) is 0 Å². The van der Waals surface area contributed by atoms with Crippen molar-refractivity contribution in [3.8, 4) is 5.75 Å². The first-order chi connectivity index (χ1) is 8.22. The van der Waals surface area contributed by atoms with Gasteiger partial charge in [0.15, 0.2) is 0 Å². The molecule has 0 radical (unpaired) electrons. The third-order valence-corrected chi connectivity index (χ3v) is 4.49. The molecule has 0 saturated carbocycles. The number of halogens is 2. The molecule has 1 aromatic carbocycles. The van der Waals surface area contributed by atoms with Crippen molar-refractivity contribution in [2.24, 2.45) is 0 Å². The predicted octanol–water partition coefficient (Wildman–Crippen LogP) is 4.93. The molecular formula is C13H12Cl2OS. The van der Waals surface area contributed by atoms with Crippen molar-refractivity contribution in [3.05, 3.63) is 51.2 Å². The minimum Gasteiger partial charge on any atom is -0.496 e. The Bertz CT molecular complexity index is 496. The summed E-state index contributed by atoms with van der Waals surface area (Å²) in [5, 5.41) is 2.58. The number of methoxy groups -OCH3 is 1. The lowest BCUT2D eigenvalue weighted by Crippen LogP contribution is -1.97. The molecule has 0 bridgehead atoms.